The van der Waals surface area contributed by atoms with Crippen molar-refractivity contribution in [1.82, 2.24) is 5.32 Å². The van der Waals surface area contributed by atoms with Crippen LogP contribution in [0.25, 0.3) is 0 Å². The van der Waals surface area contributed by atoms with Crippen LogP contribution in [0.1, 0.15) is 21.5 Å². The number of rotatable bonds is 4. The molecular formula is C15H13FN2OS. The van der Waals surface area contributed by atoms with Gasteiger partial charge in [0.25, 0.3) is 5.91 Å². The van der Waals surface area contributed by atoms with Crippen LogP contribution in [0.2, 0.25) is 0 Å². The van der Waals surface area contributed by atoms with Gasteiger partial charge >= 0.3 is 0 Å². The van der Waals surface area contributed by atoms with E-state index in [-0.39, 0.29) is 11.7 Å². The molecule has 102 valence electrons. The van der Waals surface area contributed by atoms with Crippen molar-refractivity contribution in [1.29, 1.82) is 0 Å². The summed E-state index contributed by atoms with van der Waals surface area (Å²) in [5.41, 5.74) is 7.62. The van der Waals surface area contributed by atoms with E-state index in [0.717, 1.165) is 11.1 Å². The Morgan fingerprint density at radius 2 is 1.85 bits per heavy atom. The highest BCUT2D eigenvalue weighted by Crippen LogP contribution is 2.06. The average molecular weight is 288 g/mol. The van der Waals surface area contributed by atoms with Gasteiger partial charge in [0.1, 0.15) is 10.8 Å². The first kappa shape index (κ1) is 14.1. The van der Waals surface area contributed by atoms with Crippen LogP contribution in [-0.2, 0) is 6.54 Å². The molecule has 0 saturated heterocycles. The summed E-state index contributed by atoms with van der Waals surface area (Å²) in [6.07, 6.45) is 0. The monoisotopic (exact) mass is 288 g/mol. The van der Waals surface area contributed by atoms with Crippen molar-refractivity contribution in [2.75, 3.05) is 0 Å². The zero-order valence-corrected chi connectivity index (χ0v) is 11.4. The molecule has 3 N–H and O–H groups in total. The fourth-order valence-corrected chi connectivity index (χ4v) is 1.85. The molecule has 0 radical (unpaired) electrons. The standard InChI is InChI=1S/C15H13FN2OS/c16-13-6-4-11(5-7-13)15(19)18-9-10-2-1-3-12(8-10)14(17)20/h1-8H,9H2,(H2,17,20)(H,18,19). The highest BCUT2D eigenvalue weighted by atomic mass is 32.1. The van der Waals surface area contributed by atoms with E-state index in [1.807, 2.05) is 24.3 Å². The minimum absolute atomic E-state index is 0.259. The van der Waals surface area contributed by atoms with Gasteiger partial charge in [0.05, 0.1) is 0 Å². The number of benzene rings is 2. The normalized spacial score (nSPS) is 10.1. The molecule has 0 aliphatic carbocycles. The minimum Gasteiger partial charge on any atom is -0.389 e. The summed E-state index contributed by atoms with van der Waals surface area (Å²) in [6.45, 7) is 0.354. The Morgan fingerprint density at radius 3 is 2.50 bits per heavy atom. The highest BCUT2D eigenvalue weighted by Gasteiger charge is 2.05. The first-order valence-electron chi connectivity index (χ1n) is 5.99. The summed E-state index contributed by atoms with van der Waals surface area (Å²) < 4.78 is 12.8. The van der Waals surface area contributed by atoms with Crippen LogP contribution in [0.15, 0.2) is 48.5 Å². The second-order valence-corrected chi connectivity index (χ2v) is 4.69. The molecule has 2 aromatic rings. The van der Waals surface area contributed by atoms with Crippen molar-refractivity contribution in [3.05, 3.63) is 71.0 Å². The second kappa shape index (κ2) is 6.25. The molecule has 5 heteroatoms. The van der Waals surface area contributed by atoms with Gasteiger partial charge in [-0.05, 0) is 35.9 Å². The van der Waals surface area contributed by atoms with Crippen molar-refractivity contribution >= 4 is 23.1 Å². The molecule has 0 bridgehead atoms. The number of nitrogens with two attached hydrogens (primary N) is 1. The van der Waals surface area contributed by atoms with Gasteiger partial charge in [-0.2, -0.15) is 0 Å². The Kier molecular flexibility index (Phi) is 4.42. The maximum Gasteiger partial charge on any atom is 0.251 e. The van der Waals surface area contributed by atoms with E-state index in [1.165, 1.54) is 24.3 Å². The third-order valence-electron chi connectivity index (χ3n) is 2.77. The molecule has 20 heavy (non-hydrogen) atoms. The molecule has 0 aromatic heterocycles. The topological polar surface area (TPSA) is 55.1 Å². The fourth-order valence-electron chi connectivity index (χ4n) is 1.72. The number of carbonyl (C=O) groups excluding carboxylic acids is 1. The Balaban J connectivity index is 2.01. The summed E-state index contributed by atoms with van der Waals surface area (Å²) in [5.74, 6) is -0.628. The van der Waals surface area contributed by atoms with Gasteiger partial charge in [-0.15, -0.1) is 0 Å². The van der Waals surface area contributed by atoms with Crippen LogP contribution in [0, 0.1) is 5.82 Å². The van der Waals surface area contributed by atoms with E-state index in [1.54, 1.807) is 0 Å². The van der Waals surface area contributed by atoms with E-state index in [2.05, 4.69) is 5.32 Å². The van der Waals surface area contributed by atoms with Crippen molar-refractivity contribution < 1.29 is 9.18 Å². The molecule has 0 unspecified atom stereocenters. The largest absolute Gasteiger partial charge is 0.389 e. The molecule has 2 rings (SSSR count). The van der Waals surface area contributed by atoms with Gasteiger partial charge in [-0.3, -0.25) is 4.79 Å². The molecule has 1 amide bonds. The molecule has 3 nitrogen and oxygen atoms in total. The maximum atomic E-state index is 12.8. The third kappa shape index (κ3) is 3.61. The molecule has 0 atom stereocenters. The van der Waals surface area contributed by atoms with Crippen molar-refractivity contribution in [2.45, 2.75) is 6.54 Å². The van der Waals surface area contributed by atoms with Crippen LogP contribution in [0.4, 0.5) is 4.39 Å². The fraction of sp³-hybridized carbons (Fsp3) is 0.0667. The van der Waals surface area contributed by atoms with E-state index in [0.29, 0.717) is 17.1 Å². The van der Waals surface area contributed by atoms with E-state index in [9.17, 15) is 9.18 Å². The lowest BCUT2D eigenvalue weighted by atomic mass is 10.1. The van der Waals surface area contributed by atoms with E-state index >= 15 is 0 Å². The number of amides is 1. The third-order valence-corrected chi connectivity index (χ3v) is 3.01. The number of carbonyl (C=O) groups is 1. The summed E-state index contributed by atoms with van der Waals surface area (Å²) in [7, 11) is 0. The lowest BCUT2D eigenvalue weighted by molar-refractivity contribution is 0.0951. The maximum absolute atomic E-state index is 12.8. The first-order valence-corrected chi connectivity index (χ1v) is 6.39. The van der Waals surface area contributed by atoms with E-state index < -0.39 is 0 Å². The van der Waals surface area contributed by atoms with Crippen LogP contribution >= 0.6 is 12.2 Å². The minimum atomic E-state index is -0.370. The Hall–Kier alpha value is -2.27. The molecular weight excluding hydrogens is 275 g/mol. The molecule has 0 fully saturated rings. The van der Waals surface area contributed by atoms with Crippen molar-refractivity contribution in [2.24, 2.45) is 5.73 Å². The Morgan fingerprint density at radius 1 is 1.15 bits per heavy atom. The Labute approximate surface area is 121 Å². The predicted octanol–water partition coefficient (Wildman–Crippen LogP) is 2.39. The number of hydrogen-bond acceptors (Lipinski definition) is 2. The Bertz CT molecular complexity index is 641. The smallest absolute Gasteiger partial charge is 0.251 e. The van der Waals surface area contributed by atoms with Crippen LogP contribution in [0.5, 0.6) is 0 Å². The van der Waals surface area contributed by atoms with Gasteiger partial charge in [0.2, 0.25) is 0 Å². The lowest BCUT2D eigenvalue weighted by Gasteiger charge is -2.07. The van der Waals surface area contributed by atoms with Crippen LogP contribution < -0.4 is 11.1 Å². The number of nitrogens with one attached hydrogen (secondary N) is 1. The van der Waals surface area contributed by atoms with E-state index in [4.69, 9.17) is 18.0 Å². The first-order chi connectivity index (χ1) is 9.56. The lowest BCUT2D eigenvalue weighted by Crippen LogP contribution is -2.23. The summed E-state index contributed by atoms with van der Waals surface area (Å²) >= 11 is 4.90. The van der Waals surface area contributed by atoms with Gasteiger partial charge in [0.15, 0.2) is 0 Å². The molecule has 0 aliphatic heterocycles. The molecule has 2 aromatic carbocycles. The van der Waals surface area contributed by atoms with Gasteiger partial charge in [-0.1, -0.05) is 30.4 Å². The molecule has 0 spiro atoms. The number of halogens is 1. The zero-order valence-electron chi connectivity index (χ0n) is 10.6. The van der Waals surface area contributed by atoms with Gasteiger partial charge in [-0.25, -0.2) is 4.39 Å². The summed E-state index contributed by atoms with van der Waals surface area (Å²) in [5, 5.41) is 2.76. The predicted molar refractivity (Wildman–Crippen MR) is 79.9 cm³/mol. The quantitative estimate of drug-likeness (QED) is 0.849. The molecule has 0 aliphatic rings. The molecule has 0 heterocycles. The number of hydrogen-bond donors (Lipinski definition) is 2. The van der Waals surface area contributed by atoms with Crippen LogP contribution in [-0.4, -0.2) is 10.9 Å². The molecule has 0 saturated carbocycles. The van der Waals surface area contributed by atoms with Crippen molar-refractivity contribution in [3.8, 4) is 0 Å². The second-order valence-electron chi connectivity index (χ2n) is 4.25. The van der Waals surface area contributed by atoms with Crippen molar-refractivity contribution in [3.63, 3.8) is 0 Å². The summed E-state index contributed by atoms with van der Waals surface area (Å²) in [6, 6.07) is 12.7. The number of thiocarbonyl (C=S) groups is 1. The SMILES string of the molecule is NC(=S)c1cccc(CNC(=O)c2ccc(F)cc2)c1. The van der Waals surface area contributed by atoms with Crippen LogP contribution in [0.3, 0.4) is 0 Å². The average Bonchev–Trinajstić information content (AvgIpc) is 2.46. The highest BCUT2D eigenvalue weighted by molar-refractivity contribution is 7.80. The van der Waals surface area contributed by atoms with Gasteiger partial charge in [0, 0.05) is 17.7 Å². The zero-order chi connectivity index (χ0) is 14.5. The van der Waals surface area contributed by atoms with Gasteiger partial charge < -0.3 is 11.1 Å². The summed E-state index contributed by atoms with van der Waals surface area (Å²) in [4.78, 5) is 12.2.